The molecule has 10 nitrogen and oxygen atoms in total. The van der Waals surface area contributed by atoms with E-state index >= 15 is 0 Å². The van der Waals surface area contributed by atoms with Gasteiger partial charge in [-0.25, -0.2) is 0 Å². The molecule has 5 aliphatic rings. The molecule has 4 saturated carbocycles. The van der Waals surface area contributed by atoms with E-state index in [1.165, 1.54) is 19.3 Å². The molecule has 0 saturated heterocycles. The molecular weight excluding hydrogens is 436 g/mol. The number of fused-ring (bicyclic) bond motifs is 3. The second-order valence-electron chi connectivity index (χ2n) is 10.3. The van der Waals surface area contributed by atoms with Gasteiger partial charge in [0.1, 0.15) is 5.82 Å². The minimum absolute atomic E-state index is 0.0123. The normalized spacial score (nSPS) is 30.4. The number of ether oxygens (including phenoxy) is 2. The van der Waals surface area contributed by atoms with Crippen molar-refractivity contribution in [2.24, 2.45) is 17.8 Å². The molecule has 2 amide bonds. The van der Waals surface area contributed by atoms with Crippen LogP contribution in [0.4, 0.5) is 11.6 Å². The number of aromatic nitrogens is 3. The van der Waals surface area contributed by atoms with Crippen molar-refractivity contribution in [2.75, 3.05) is 38.0 Å². The first-order valence-corrected chi connectivity index (χ1v) is 12.2. The van der Waals surface area contributed by atoms with Crippen molar-refractivity contribution in [1.29, 1.82) is 0 Å². The van der Waals surface area contributed by atoms with Gasteiger partial charge in [-0.05, 0) is 55.9 Å². The quantitative estimate of drug-likeness (QED) is 0.381. The highest BCUT2D eigenvalue weighted by molar-refractivity contribution is 6.39. The average Bonchev–Trinajstić information content (AvgIpc) is 3.43. The molecule has 182 valence electrons. The van der Waals surface area contributed by atoms with Crippen LogP contribution in [0.2, 0.25) is 0 Å². The fourth-order valence-corrected chi connectivity index (χ4v) is 7.21. The molecule has 0 aromatic carbocycles. The Hall–Kier alpha value is -2.85. The van der Waals surface area contributed by atoms with Crippen LogP contribution in [0.1, 0.15) is 43.7 Å². The van der Waals surface area contributed by atoms with E-state index in [1.54, 1.807) is 7.11 Å². The van der Waals surface area contributed by atoms with Gasteiger partial charge in [-0.15, -0.1) is 0 Å². The molecule has 10 heteroatoms. The summed E-state index contributed by atoms with van der Waals surface area (Å²) in [6.45, 7) is 1.14. The van der Waals surface area contributed by atoms with Crippen LogP contribution in [0.3, 0.4) is 0 Å². The summed E-state index contributed by atoms with van der Waals surface area (Å²) < 4.78 is 13.2. The van der Waals surface area contributed by atoms with Gasteiger partial charge in [-0.3, -0.25) is 14.3 Å². The first-order valence-electron chi connectivity index (χ1n) is 12.2. The van der Waals surface area contributed by atoms with Gasteiger partial charge in [0.05, 0.1) is 23.9 Å². The summed E-state index contributed by atoms with van der Waals surface area (Å²) >= 11 is 0. The molecule has 4 N–H and O–H groups in total. The minimum atomic E-state index is -0.716. The summed E-state index contributed by atoms with van der Waals surface area (Å²) in [6, 6.07) is 2.31. The molecule has 2 atom stereocenters. The number of hydrogen-bond donors (Lipinski definition) is 4. The molecular formula is C24H32N6O4. The predicted molar refractivity (Wildman–Crippen MR) is 125 cm³/mol. The number of carbonyl (C=O) groups is 2. The third-order valence-corrected chi connectivity index (χ3v) is 8.37. The number of nitrogens with one attached hydrogen (secondary N) is 4. The van der Waals surface area contributed by atoms with Gasteiger partial charge in [0, 0.05) is 44.6 Å². The van der Waals surface area contributed by atoms with E-state index in [0.29, 0.717) is 30.8 Å². The Labute approximate surface area is 198 Å². The Morgan fingerprint density at radius 2 is 2.00 bits per heavy atom. The van der Waals surface area contributed by atoms with Gasteiger partial charge in [0.15, 0.2) is 5.82 Å². The second-order valence-corrected chi connectivity index (χ2v) is 10.3. The van der Waals surface area contributed by atoms with E-state index in [0.717, 1.165) is 41.4 Å². The molecule has 2 aromatic rings. The summed E-state index contributed by atoms with van der Waals surface area (Å²) in [6.07, 6.45) is 7.59. The molecule has 0 spiro atoms. The Morgan fingerprint density at radius 3 is 2.74 bits per heavy atom. The number of carbonyl (C=O) groups excluding carboxylic acids is 2. The van der Waals surface area contributed by atoms with Crippen LogP contribution < -0.4 is 16.0 Å². The largest absolute Gasteiger partial charge is 0.383 e. The zero-order valence-corrected chi connectivity index (χ0v) is 19.6. The van der Waals surface area contributed by atoms with Gasteiger partial charge in [0.2, 0.25) is 0 Å². The average molecular weight is 469 g/mol. The number of nitrogens with zero attached hydrogens (tertiary/aromatic N) is 2. The zero-order valence-electron chi connectivity index (χ0n) is 19.6. The summed E-state index contributed by atoms with van der Waals surface area (Å²) in [7, 11) is 3.41. The Bertz CT molecular complexity index is 1110. The van der Waals surface area contributed by atoms with Crippen molar-refractivity contribution in [1.82, 2.24) is 20.1 Å². The van der Waals surface area contributed by atoms with Crippen molar-refractivity contribution in [3.05, 3.63) is 17.8 Å². The fraction of sp³-hybridized carbons (Fsp3) is 0.625. The van der Waals surface area contributed by atoms with Crippen molar-refractivity contribution in [3.8, 4) is 11.3 Å². The number of hydrogen-bond acceptors (Lipinski definition) is 6. The third kappa shape index (κ3) is 3.34. The van der Waals surface area contributed by atoms with E-state index in [2.05, 4.69) is 25.6 Å². The van der Waals surface area contributed by atoms with Crippen LogP contribution >= 0.6 is 0 Å². The number of methoxy groups -OCH3 is 2. The van der Waals surface area contributed by atoms with Crippen LogP contribution in [0, 0.1) is 17.8 Å². The Kier molecular flexibility index (Phi) is 5.18. The lowest BCUT2D eigenvalue weighted by Gasteiger charge is -2.59. The van der Waals surface area contributed by atoms with Crippen LogP contribution in [0.25, 0.3) is 11.3 Å². The first-order chi connectivity index (χ1) is 16.5. The van der Waals surface area contributed by atoms with Gasteiger partial charge >= 0.3 is 11.8 Å². The van der Waals surface area contributed by atoms with Gasteiger partial charge in [-0.1, -0.05) is 0 Å². The van der Waals surface area contributed by atoms with Crippen molar-refractivity contribution in [3.63, 3.8) is 0 Å². The van der Waals surface area contributed by atoms with E-state index in [1.807, 2.05) is 19.4 Å². The molecule has 3 heterocycles. The molecule has 2 unspecified atom stereocenters. The van der Waals surface area contributed by atoms with E-state index in [-0.39, 0.29) is 18.2 Å². The highest BCUT2D eigenvalue weighted by Crippen LogP contribution is 2.61. The molecule has 4 fully saturated rings. The van der Waals surface area contributed by atoms with Gasteiger partial charge < -0.3 is 30.4 Å². The molecule has 34 heavy (non-hydrogen) atoms. The first kappa shape index (κ1) is 21.7. The topological polar surface area (TPSA) is 122 Å². The molecule has 4 aliphatic carbocycles. The maximum absolute atomic E-state index is 12.6. The lowest BCUT2D eigenvalue weighted by molar-refractivity contribution is -0.166. The maximum Gasteiger partial charge on any atom is 0.314 e. The van der Waals surface area contributed by atoms with Crippen molar-refractivity contribution < 1.29 is 19.1 Å². The Morgan fingerprint density at radius 1 is 1.21 bits per heavy atom. The van der Waals surface area contributed by atoms with Crippen molar-refractivity contribution in [2.45, 2.75) is 50.3 Å². The number of H-pyrrole nitrogens is 1. The molecule has 0 radical (unpaired) electrons. The standard InChI is InChI=1S/C24H32N6O4/c1-33-6-5-26-22(31)23(32)28-21-17-12-27-20-16(3-4-25-20)19(17)30(29-21)18-14-7-13-8-15(18)11-24(9-13,10-14)34-2/h3-4,13-15,18,25,27H,5-12H2,1-2H3,(H,26,31)(H,28,29,32). The monoisotopic (exact) mass is 468 g/mol. The van der Waals surface area contributed by atoms with Crippen LogP contribution in [0.5, 0.6) is 0 Å². The van der Waals surface area contributed by atoms with Crippen molar-refractivity contribution >= 4 is 23.5 Å². The lowest BCUT2D eigenvalue weighted by Crippen LogP contribution is -2.56. The SMILES string of the molecule is COCCNC(=O)C(=O)Nc1nn(C2C3CC4CC2CC(OC)(C4)C3)c2c1CNc1[nH]ccc1-2. The van der Waals surface area contributed by atoms with Gasteiger partial charge in [0.25, 0.3) is 0 Å². The molecule has 2 aromatic heterocycles. The lowest BCUT2D eigenvalue weighted by atomic mass is 9.52. The highest BCUT2D eigenvalue weighted by Gasteiger charge is 2.57. The van der Waals surface area contributed by atoms with Gasteiger partial charge in [-0.2, -0.15) is 5.10 Å². The van der Waals surface area contributed by atoms with Crippen LogP contribution in [0.15, 0.2) is 12.3 Å². The van der Waals surface area contributed by atoms with E-state index in [9.17, 15) is 9.59 Å². The predicted octanol–water partition coefficient (Wildman–Crippen LogP) is 2.27. The molecule has 1 aliphatic heterocycles. The summed E-state index contributed by atoms with van der Waals surface area (Å²) in [4.78, 5) is 28.2. The smallest absolute Gasteiger partial charge is 0.314 e. The van der Waals surface area contributed by atoms with Crippen LogP contribution in [-0.4, -0.2) is 59.6 Å². The highest BCUT2D eigenvalue weighted by atomic mass is 16.5. The number of amides is 2. The number of rotatable bonds is 6. The fourth-order valence-electron chi connectivity index (χ4n) is 7.21. The van der Waals surface area contributed by atoms with E-state index < -0.39 is 11.8 Å². The molecule has 4 bridgehead atoms. The Balaban J connectivity index is 1.35. The zero-order chi connectivity index (χ0) is 23.4. The second kappa shape index (κ2) is 8.13. The van der Waals surface area contributed by atoms with E-state index in [4.69, 9.17) is 14.6 Å². The third-order valence-electron chi connectivity index (χ3n) is 8.37. The minimum Gasteiger partial charge on any atom is -0.383 e. The maximum atomic E-state index is 12.6. The summed E-state index contributed by atoms with van der Waals surface area (Å²) in [5.41, 5.74) is 3.02. The summed E-state index contributed by atoms with van der Waals surface area (Å²) in [5, 5.41) is 13.7. The van der Waals surface area contributed by atoms with Crippen LogP contribution in [-0.2, 0) is 25.6 Å². The summed E-state index contributed by atoms with van der Waals surface area (Å²) in [5.74, 6) is 1.72. The number of aromatic amines is 1. The molecule has 7 rings (SSSR count). The number of anilines is 2.